The molecule has 0 unspecified atom stereocenters. The zero-order valence-corrected chi connectivity index (χ0v) is 16.2. The van der Waals surface area contributed by atoms with Gasteiger partial charge in [0.25, 0.3) is 15.6 Å². The van der Waals surface area contributed by atoms with Crippen LogP contribution in [0.1, 0.15) is 10.5 Å². The summed E-state index contributed by atoms with van der Waals surface area (Å²) in [5.41, 5.74) is -1.92. The summed E-state index contributed by atoms with van der Waals surface area (Å²) in [6.45, 7) is 0. The van der Waals surface area contributed by atoms with Gasteiger partial charge >= 0.3 is 12.0 Å². The predicted molar refractivity (Wildman–Crippen MR) is 103 cm³/mol. The highest BCUT2D eigenvalue weighted by atomic mass is 32.2. The van der Waals surface area contributed by atoms with E-state index in [2.05, 4.69) is 15.3 Å². The molecule has 1 aromatic carbocycles. The molecule has 2 aromatic heterocycles. The van der Waals surface area contributed by atoms with Crippen molar-refractivity contribution in [2.75, 3.05) is 5.32 Å². The summed E-state index contributed by atoms with van der Waals surface area (Å²) in [5.74, 6) is -3.66. The molecule has 0 spiro atoms. The molecule has 156 valence electrons. The Balaban J connectivity index is 1.86. The Labute approximate surface area is 170 Å². The first-order chi connectivity index (χ1) is 14.1. The van der Waals surface area contributed by atoms with Gasteiger partial charge in [-0.25, -0.2) is 32.1 Å². The fourth-order valence-corrected chi connectivity index (χ4v) is 3.94. The van der Waals surface area contributed by atoms with Crippen molar-refractivity contribution in [3.05, 3.63) is 56.9 Å². The quantitative estimate of drug-likeness (QED) is 0.385. The molecular weight excluding hydrogens is 443 g/mol. The molecule has 0 fully saturated rings. The van der Waals surface area contributed by atoms with Crippen LogP contribution in [0.2, 0.25) is 0 Å². The molecule has 3 rings (SSSR count). The average molecular weight is 454 g/mol. The maximum absolute atomic E-state index is 12.9. The fourth-order valence-electron chi connectivity index (χ4n) is 2.26. The summed E-state index contributed by atoms with van der Waals surface area (Å²) in [6, 6.07) is 2.60. The Morgan fingerprint density at radius 1 is 1.17 bits per heavy atom. The van der Waals surface area contributed by atoms with Crippen molar-refractivity contribution in [1.82, 2.24) is 14.7 Å². The van der Waals surface area contributed by atoms with Crippen LogP contribution in [0.25, 0.3) is 11.4 Å². The number of aromatic carboxylic acids is 1. The molecule has 0 aliphatic carbocycles. The highest BCUT2D eigenvalue weighted by molar-refractivity contribution is 7.90. The van der Waals surface area contributed by atoms with Gasteiger partial charge in [-0.15, -0.1) is 11.3 Å². The van der Waals surface area contributed by atoms with Crippen LogP contribution in [0.4, 0.5) is 14.9 Å². The minimum atomic E-state index is -4.30. The van der Waals surface area contributed by atoms with Crippen LogP contribution in [-0.2, 0) is 10.0 Å². The smallest absolute Gasteiger partial charge is 0.358 e. The van der Waals surface area contributed by atoms with Gasteiger partial charge in [0.15, 0.2) is 5.69 Å². The highest BCUT2D eigenvalue weighted by Crippen LogP contribution is 2.29. The van der Waals surface area contributed by atoms with Crippen LogP contribution in [0.3, 0.4) is 0 Å². The Bertz CT molecular complexity index is 1300. The predicted octanol–water partition coefficient (Wildman–Crippen LogP) is 1.55. The van der Waals surface area contributed by atoms with Crippen molar-refractivity contribution in [3.63, 3.8) is 0 Å². The number of rotatable bonds is 5. The molecule has 0 atom stereocenters. The molecule has 0 saturated carbocycles. The molecule has 0 bridgehead atoms. The number of hydrogen-bond acceptors (Lipinski definition) is 8. The number of carbonyl (C=O) groups is 2. The number of halogens is 1. The van der Waals surface area contributed by atoms with E-state index in [0.29, 0.717) is 0 Å². The minimum absolute atomic E-state index is 0.0111. The number of carboxylic acid groups (broad SMARTS) is 1. The first-order valence-electron chi connectivity index (χ1n) is 7.81. The van der Waals surface area contributed by atoms with Crippen LogP contribution < -0.4 is 15.6 Å². The summed E-state index contributed by atoms with van der Waals surface area (Å²) < 4.78 is 39.1. The number of carbonyl (C=O) groups excluding carboxylic acids is 1. The minimum Gasteiger partial charge on any atom is -0.501 e. The molecule has 0 radical (unpaired) electrons. The van der Waals surface area contributed by atoms with Crippen molar-refractivity contribution < 1.29 is 32.6 Å². The fraction of sp³-hybridized carbons (Fsp3) is 0. The number of hydrogen-bond donors (Lipinski definition) is 5. The molecule has 5 N–H and O–H groups in total. The third-order valence-corrected chi connectivity index (χ3v) is 5.70. The zero-order valence-electron chi connectivity index (χ0n) is 14.5. The van der Waals surface area contributed by atoms with E-state index in [1.807, 2.05) is 0 Å². The van der Waals surface area contributed by atoms with Crippen molar-refractivity contribution in [3.8, 4) is 17.1 Å². The van der Waals surface area contributed by atoms with Gasteiger partial charge in [-0.05, 0) is 24.3 Å². The lowest BCUT2D eigenvalue weighted by molar-refractivity contribution is 0.0686. The van der Waals surface area contributed by atoms with E-state index >= 15 is 0 Å². The van der Waals surface area contributed by atoms with Crippen molar-refractivity contribution in [2.45, 2.75) is 4.90 Å². The molecule has 2 amide bonds. The molecule has 11 nitrogen and oxygen atoms in total. The van der Waals surface area contributed by atoms with E-state index in [9.17, 15) is 32.3 Å². The number of nitrogens with zero attached hydrogens (tertiary/aromatic N) is 1. The zero-order chi connectivity index (χ0) is 22.1. The van der Waals surface area contributed by atoms with Gasteiger partial charge in [-0.3, -0.25) is 4.79 Å². The standard InChI is InChI=1S/C16H11FN4O7S2/c17-7-1-3-8(4-2-7)30(27,28)21-16(26)18-10-6-29-5-9(10)13-19-11(15(24)25)12(22)14(23)20-13/h1-6,22H,(H,24,25)(H2,18,21,26)(H,19,20,23). The number of benzene rings is 1. The summed E-state index contributed by atoms with van der Waals surface area (Å²) in [6.07, 6.45) is 0. The number of carboxylic acids is 1. The monoisotopic (exact) mass is 454 g/mol. The number of urea groups is 1. The topological polar surface area (TPSA) is 179 Å². The second-order valence-corrected chi connectivity index (χ2v) is 8.06. The largest absolute Gasteiger partial charge is 0.501 e. The highest BCUT2D eigenvalue weighted by Gasteiger charge is 2.22. The lowest BCUT2D eigenvalue weighted by Gasteiger charge is -2.10. The van der Waals surface area contributed by atoms with Gasteiger partial charge in [0, 0.05) is 10.8 Å². The number of sulfonamides is 1. The number of anilines is 1. The second kappa shape index (κ2) is 7.92. The molecule has 0 aliphatic rings. The molecule has 30 heavy (non-hydrogen) atoms. The number of aromatic nitrogens is 2. The molecule has 14 heteroatoms. The normalized spacial score (nSPS) is 11.1. The Morgan fingerprint density at radius 3 is 2.47 bits per heavy atom. The van der Waals surface area contributed by atoms with Crippen LogP contribution >= 0.6 is 11.3 Å². The molecule has 2 heterocycles. The number of aromatic hydroxyl groups is 1. The van der Waals surface area contributed by atoms with Crippen molar-refractivity contribution in [1.29, 1.82) is 0 Å². The second-order valence-electron chi connectivity index (χ2n) is 5.63. The number of thiophene rings is 1. The SMILES string of the molecule is O=C(Nc1cscc1-c1nc(C(=O)O)c(O)c(=O)[nH]1)NS(=O)(=O)c1ccc(F)cc1. The first-order valence-corrected chi connectivity index (χ1v) is 10.2. The summed E-state index contributed by atoms with van der Waals surface area (Å²) in [7, 11) is -4.30. The van der Waals surface area contributed by atoms with E-state index in [4.69, 9.17) is 5.11 Å². The third-order valence-electron chi connectivity index (χ3n) is 3.61. The summed E-state index contributed by atoms with van der Waals surface area (Å²) in [5, 5.41) is 23.6. The first kappa shape index (κ1) is 20.9. The molecule has 0 saturated heterocycles. The van der Waals surface area contributed by atoms with Gasteiger partial charge in [0.1, 0.15) is 11.6 Å². The Kier molecular flexibility index (Phi) is 5.53. The van der Waals surface area contributed by atoms with Crippen molar-refractivity contribution in [2.24, 2.45) is 0 Å². The summed E-state index contributed by atoms with van der Waals surface area (Å²) >= 11 is 1.04. The molecular formula is C16H11FN4O7S2. The lowest BCUT2D eigenvalue weighted by Crippen LogP contribution is -2.34. The van der Waals surface area contributed by atoms with Crippen LogP contribution in [-0.4, -0.2) is 40.6 Å². The average Bonchev–Trinajstić information content (AvgIpc) is 3.11. The van der Waals surface area contributed by atoms with Gasteiger partial charge in [-0.2, -0.15) is 0 Å². The number of H-pyrrole nitrogens is 1. The van der Waals surface area contributed by atoms with E-state index < -0.39 is 44.8 Å². The Hall–Kier alpha value is -3.78. The van der Waals surface area contributed by atoms with E-state index in [0.717, 1.165) is 35.6 Å². The van der Waals surface area contributed by atoms with E-state index in [-0.39, 0.29) is 22.0 Å². The van der Waals surface area contributed by atoms with E-state index in [1.165, 1.54) is 10.8 Å². The van der Waals surface area contributed by atoms with Crippen LogP contribution in [0, 0.1) is 5.82 Å². The Morgan fingerprint density at radius 2 is 1.83 bits per heavy atom. The van der Waals surface area contributed by atoms with Crippen molar-refractivity contribution >= 4 is 39.0 Å². The molecule has 3 aromatic rings. The van der Waals surface area contributed by atoms with Gasteiger partial charge in [0.2, 0.25) is 5.75 Å². The number of nitrogens with one attached hydrogen (secondary N) is 3. The maximum Gasteiger partial charge on any atom is 0.358 e. The molecule has 0 aliphatic heterocycles. The number of aromatic amines is 1. The van der Waals surface area contributed by atoms with Gasteiger partial charge < -0.3 is 20.5 Å². The third kappa shape index (κ3) is 4.28. The van der Waals surface area contributed by atoms with E-state index in [1.54, 1.807) is 4.72 Å². The number of amides is 2. The summed E-state index contributed by atoms with van der Waals surface area (Å²) in [4.78, 5) is 40.5. The maximum atomic E-state index is 12.9. The lowest BCUT2D eigenvalue weighted by atomic mass is 10.2. The van der Waals surface area contributed by atoms with Crippen LogP contribution in [0.5, 0.6) is 5.75 Å². The van der Waals surface area contributed by atoms with Crippen LogP contribution in [0.15, 0.2) is 44.7 Å². The van der Waals surface area contributed by atoms with Gasteiger partial charge in [-0.1, -0.05) is 0 Å². The van der Waals surface area contributed by atoms with Gasteiger partial charge in [0.05, 0.1) is 16.1 Å².